The van der Waals surface area contributed by atoms with E-state index in [0.717, 1.165) is 55.8 Å². The first-order valence-corrected chi connectivity index (χ1v) is 11.3. The van der Waals surface area contributed by atoms with Gasteiger partial charge in [0.2, 0.25) is 0 Å². The van der Waals surface area contributed by atoms with Gasteiger partial charge in [-0.05, 0) is 50.5 Å². The molecule has 1 fully saturated rings. The molecule has 0 aromatic heterocycles. The Kier molecular flexibility index (Phi) is 11.4. The van der Waals surface area contributed by atoms with Crippen molar-refractivity contribution < 1.29 is 14.2 Å². The number of anilines is 1. The molecule has 0 radical (unpaired) electrons. The highest BCUT2D eigenvalue weighted by Gasteiger charge is 2.23. The van der Waals surface area contributed by atoms with E-state index in [1.165, 1.54) is 5.69 Å². The maximum Gasteiger partial charge on any atom is 0.191 e. The summed E-state index contributed by atoms with van der Waals surface area (Å²) in [7, 11) is 3.36. The van der Waals surface area contributed by atoms with E-state index in [4.69, 9.17) is 19.2 Å². The molecule has 1 saturated heterocycles. The van der Waals surface area contributed by atoms with E-state index in [1.807, 2.05) is 43.3 Å². The Morgan fingerprint density at radius 1 is 1.09 bits per heavy atom. The number of nitrogens with one attached hydrogen (secondary N) is 2. The van der Waals surface area contributed by atoms with Crippen molar-refractivity contribution in [2.24, 2.45) is 10.9 Å². The number of nitrogens with zero attached hydrogens (tertiary/aromatic N) is 2. The molecular formula is C25H37IN4O3. The van der Waals surface area contributed by atoms with Gasteiger partial charge in [-0.3, -0.25) is 0 Å². The lowest BCUT2D eigenvalue weighted by molar-refractivity contribution is 0.219. The van der Waals surface area contributed by atoms with E-state index in [1.54, 1.807) is 14.2 Å². The van der Waals surface area contributed by atoms with Crippen LogP contribution in [0.4, 0.5) is 5.69 Å². The number of guanidine groups is 1. The lowest BCUT2D eigenvalue weighted by Crippen LogP contribution is -2.41. The lowest BCUT2D eigenvalue weighted by Gasteiger charge is -2.20. The fraction of sp³-hybridized carbons (Fsp3) is 0.480. The fourth-order valence-electron chi connectivity index (χ4n) is 3.81. The molecule has 2 aromatic rings. The Morgan fingerprint density at radius 3 is 2.61 bits per heavy atom. The molecule has 0 saturated carbocycles. The molecular weight excluding hydrogens is 531 g/mol. The molecule has 0 bridgehead atoms. The van der Waals surface area contributed by atoms with Gasteiger partial charge in [0.25, 0.3) is 0 Å². The van der Waals surface area contributed by atoms with Crippen molar-refractivity contribution in [2.45, 2.75) is 26.4 Å². The second-order valence-corrected chi connectivity index (χ2v) is 7.98. The molecule has 2 unspecified atom stereocenters. The number of benzene rings is 2. The first kappa shape index (κ1) is 26.9. The zero-order chi connectivity index (χ0) is 22.8. The predicted molar refractivity (Wildman–Crippen MR) is 146 cm³/mol. The summed E-state index contributed by atoms with van der Waals surface area (Å²) in [6.45, 7) is 8.41. The summed E-state index contributed by atoms with van der Waals surface area (Å²) in [5.74, 6) is 3.75. The highest BCUT2D eigenvalue weighted by molar-refractivity contribution is 14.0. The summed E-state index contributed by atoms with van der Waals surface area (Å²) in [4.78, 5) is 7.14. The number of ether oxygens (including phenoxy) is 3. The third kappa shape index (κ3) is 8.17. The second kappa shape index (κ2) is 14.0. The maximum atomic E-state index is 6.02. The SMILES string of the molecule is CCNC(=NCC(C)Oc1ccccc1OC)NCC1CCN(c2cccc(OC)c2)C1.I. The molecule has 2 N–H and O–H groups in total. The van der Waals surface area contributed by atoms with Crippen LogP contribution in [0.15, 0.2) is 53.5 Å². The van der Waals surface area contributed by atoms with Gasteiger partial charge in [0.05, 0.1) is 20.8 Å². The average molecular weight is 569 g/mol. The van der Waals surface area contributed by atoms with E-state index in [0.29, 0.717) is 12.5 Å². The average Bonchev–Trinajstić information content (AvgIpc) is 3.30. The summed E-state index contributed by atoms with van der Waals surface area (Å²) < 4.78 is 16.7. The molecule has 1 aliphatic rings. The Hall–Kier alpha value is -2.36. The number of para-hydroxylation sites is 2. The zero-order valence-corrected chi connectivity index (χ0v) is 22.4. The summed E-state index contributed by atoms with van der Waals surface area (Å²) >= 11 is 0. The number of hydrogen-bond donors (Lipinski definition) is 2. The third-order valence-corrected chi connectivity index (χ3v) is 5.51. The van der Waals surface area contributed by atoms with Gasteiger partial charge in [-0.2, -0.15) is 0 Å². The van der Waals surface area contributed by atoms with Gasteiger partial charge in [0.15, 0.2) is 17.5 Å². The van der Waals surface area contributed by atoms with Crippen LogP contribution in [0, 0.1) is 5.92 Å². The van der Waals surface area contributed by atoms with Crippen LogP contribution in [0.1, 0.15) is 20.3 Å². The lowest BCUT2D eigenvalue weighted by atomic mass is 10.1. The Labute approximate surface area is 214 Å². The molecule has 8 heteroatoms. The van der Waals surface area contributed by atoms with Crippen LogP contribution in [-0.4, -0.2) is 59.0 Å². The number of methoxy groups -OCH3 is 2. The normalized spacial score (nSPS) is 16.5. The first-order valence-electron chi connectivity index (χ1n) is 11.3. The van der Waals surface area contributed by atoms with Crippen LogP contribution in [0.25, 0.3) is 0 Å². The highest BCUT2D eigenvalue weighted by Crippen LogP contribution is 2.27. The zero-order valence-electron chi connectivity index (χ0n) is 20.0. The topological polar surface area (TPSA) is 67.4 Å². The minimum atomic E-state index is -0.0724. The van der Waals surface area contributed by atoms with Crippen LogP contribution in [0.3, 0.4) is 0 Å². The maximum absolute atomic E-state index is 6.02. The molecule has 2 atom stereocenters. The quantitative estimate of drug-likeness (QED) is 0.255. The van der Waals surface area contributed by atoms with Gasteiger partial charge >= 0.3 is 0 Å². The van der Waals surface area contributed by atoms with Crippen LogP contribution < -0.4 is 29.7 Å². The van der Waals surface area contributed by atoms with E-state index < -0.39 is 0 Å². The van der Waals surface area contributed by atoms with E-state index in [9.17, 15) is 0 Å². The largest absolute Gasteiger partial charge is 0.497 e. The minimum absolute atomic E-state index is 0. The van der Waals surface area contributed by atoms with Gasteiger partial charge < -0.3 is 29.7 Å². The summed E-state index contributed by atoms with van der Waals surface area (Å²) in [6.07, 6.45) is 1.08. The Balaban J connectivity index is 0.00000385. The molecule has 3 rings (SSSR count). The second-order valence-electron chi connectivity index (χ2n) is 7.98. The Bertz CT molecular complexity index is 880. The molecule has 0 aliphatic carbocycles. The minimum Gasteiger partial charge on any atom is -0.497 e. The molecule has 7 nitrogen and oxygen atoms in total. The standard InChI is InChI=1S/C25H36N4O3.HI/c1-5-26-25(27-16-19(2)32-24-12-7-6-11-23(24)31-4)28-17-20-13-14-29(18-20)21-9-8-10-22(15-21)30-3;/h6-12,15,19-20H,5,13-14,16-18H2,1-4H3,(H2,26,27,28);1H. The van der Waals surface area contributed by atoms with Crippen molar-refractivity contribution in [3.8, 4) is 17.2 Å². The van der Waals surface area contributed by atoms with Crippen molar-refractivity contribution in [1.29, 1.82) is 0 Å². The molecule has 1 heterocycles. The molecule has 33 heavy (non-hydrogen) atoms. The highest BCUT2D eigenvalue weighted by atomic mass is 127. The summed E-state index contributed by atoms with van der Waals surface area (Å²) in [6, 6.07) is 16.0. The van der Waals surface area contributed by atoms with Crippen molar-refractivity contribution in [3.05, 3.63) is 48.5 Å². The number of hydrogen-bond acceptors (Lipinski definition) is 5. The molecule has 0 spiro atoms. The third-order valence-electron chi connectivity index (χ3n) is 5.51. The van der Waals surface area contributed by atoms with Crippen LogP contribution >= 0.6 is 24.0 Å². The fourth-order valence-corrected chi connectivity index (χ4v) is 3.81. The summed E-state index contributed by atoms with van der Waals surface area (Å²) in [5.41, 5.74) is 1.22. The van der Waals surface area contributed by atoms with Gasteiger partial charge in [-0.15, -0.1) is 24.0 Å². The van der Waals surface area contributed by atoms with Crippen LogP contribution in [0.2, 0.25) is 0 Å². The molecule has 182 valence electrons. The first-order chi connectivity index (χ1) is 15.6. The molecule has 1 aliphatic heterocycles. The molecule has 2 aromatic carbocycles. The predicted octanol–water partition coefficient (Wildman–Crippen LogP) is 4.17. The monoisotopic (exact) mass is 568 g/mol. The Morgan fingerprint density at radius 2 is 1.88 bits per heavy atom. The van der Waals surface area contributed by atoms with Gasteiger partial charge in [-0.25, -0.2) is 4.99 Å². The smallest absolute Gasteiger partial charge is 0.191 e. The van der Waals surface area contributed by atoms with Crippen molar-refractivity contribution >= 4 is 35.6 Å². The number of rotatable bonds is 10. The van der Waals surface area contributed by atoms with E-state index in [2.05, 4.69) is 34.6 Å². The van der Waals surface area contributed by atoms with E-state index >= 15 is 0 Å². The van der Waals surface area contributed by atoms with E-state index in [-0.39, 0.29) is 30.1 Å². The van der Waals surface area contributed by atoms with Crippen molar-refractivity contribution in [3.63, 3.8) is 0 Å². The molecule has 0 amide bonds. The van der Waals surface area contributed by atoms with Gasteiger partial charge in [0.1, 0.15) is 11.9 Å². The van der Waals surface area contributed by atoms with Gasteiger partial charge in [-0.1, -0.05) is 18.2 Å². The van der Waals surface area contributed by atoms with Crippen molar-refractivity contribution in [1.82, 2.24) is 10.6 Å². The van der Waals surface area contributed by atoms with Crippen LogP contribution in [-0.2, 0) is 0 Å². The van der Waals surface area contributed by atoms with Gasteiger partial charge in [0, 0.05) is 37.9 Å². The van der Waals surface area contributed by atoms with Crippen molar-refractivity contribution in [2.75, 3.05) is 51.8 Å². The number of halogens is 1. The number of aliphatic imine (C=N–C) groups is 1. The van der Waals surface area contributed by atoms with Crippen LogP contribution in [0.5, 0.6) is 17.2 Å². The summed E-state index contributed by atoms with van der Waals surface area (Å²) in [5, 5.41) is 6.84.